The van der Waals surface area contributed by atoms with E-state index in [0.717, 1.165) is 33.6 Å². The van der Waals surface area contributed by atoms with Crippen LogP contribution in [0.5, 0.6) is 0 Å². The van der Waals surface area contributed by atoms with Gasteiger partial charge in [0, 0.05) is 23.5 Å². The molecule has 2 heteroatoms. The third-order valence-electron chi connectivity index (χ3n) is 3.58. The highest BCUT2D eigenvalue weighted by Crippen LogP contribution is 2.08. The molecular weight excluding hydrogens is 292 g/mol. The van der Waals surface area contributed by atoms with Gasteiger partial charge in [0.05, 0.1) is 0 Å². The second kappa shape index (κ2) is 7.27. The molecule has 3 rings (SSSR count). The lowest BCUT2D eigenvalue weighted by Crippen LogP contribution is -1.89. The molecule has 0 N–H and O–H groups in total. The van der Waals surface area contributed by atoms with Gasteiger partial charge in [-0.05, 0) is 61.1 Å². The molecule has 0 atom stereocenters. The standard InChI is InChI=1S/C22H16N2/c1-17-7-5-15-23-21(17)13-11-19-9-3-4-10-20(19)12-14-22-18(2)8-6-16-24-22/h3-10,15-16H,1-2H3. The summed E-state index contributed by atoms with van der Waals surface area (Å²) in [6.07, 6.45) is 3.51. The molecule has 0 saturated heterocycles. The van der Waals surface area contributed by atoms with E-state index < -0.39 is 0 Å². The van der Waals surface area contributed by atoms with Gasteiger partial charge in [-0.2, -0.15) is 0 Å². The first-order valence-electron chi connectivity index (χ1n) is 7.70. The van der Waals surface area contributed by atoms with Crippen molar-refractivity contribution in [2.75, 3.05) is 0 Å². The molecule has 3 aromatic rings. The maximum absolute atomic E-state index is 4.31. The van der Waals surface area contributed by atoms with E-state index in [4.69, 9.17) is 0 Å². The number of aryl methyl sites for hydroxylation is 2. The van der Waals surface area contributed by atoms with Crippen molar-refractivity contribution in [1.82, 2.24) is 9.97 Å². The van der Waals surface area contributed by atoms with Crippen molar-refractivity contribution < 1.29 is 0 Å². The number of hydrogen-bond donors (Lipinski definition) is 0. The van der Waals surface area contributed by atoms with Gasteiger partial charge >= 0.3 is 0 Å². The highest BCUT2D eigenvalue weighted by molar-refractivity contribution is 5.54. The molecule has 2 nitrogen and oxygen atoms in total. The Kier molecular flexibility index (Phi) is 4.70. The van der Waals surface area contributed by atoms with Crippen LogP contribution in [0.25, 0.3) is 0 Å². The third-order valence-corrected chi connectivity index (χ3v) is 3.58. The number of aromatic nitrogens is 2. The topological polar surface area (TPSA) is 25.8 Å². The van der Waals surface area contributed by atoms with E-state index in [1.54, 1.807) is 12.4 Å². The fourth-order valence-electron chi connectivity index (χ4n) is 2.19. The Morgan fingerprint density at radius 1 is 0.583 bits per heavy atom. The summed E-state index contributed by atoms with van der Waals surface area (Å²) in [6.45, 7) is 4.01. The first kappa shape index (κ1) is 15.5. The van der Waals surface area contributed by atoms with E-state index >= 15 is 0 Å². The summed E-state index contributed by atoms with van der Waals surface area (Å²) < 4.78 is 0. The molecule has 0 radical (unpaired) electrons. The van der Waals surface area contributed by atoms with E-state index in [1.165, 1.54) is 0 Å². The second-order valence-corrected chi connectivity index (χ2v) is 5.38. The van der Waals surface area contributed by atoms with Crippen molar-refractivity contribution >= 4 is 0 Å². The zero-order chi connectivity index (χ0) is 16.8. The smallest absolute Gasteiger partial charge is 0.116 e. The number of benzene rings is 1. The highest BCUT2D eigenvalue weighted by atomic mass is 14.7. The van der Waals surface area contributed by atoms with Gasteiger partial charge in [0.1, 0.15) is 11.4 Å². The summed E-state index contributed by atoms with van der Waals surface area (Å²) in [5.74, 6) is 12.6. The van der Waals surface area contributed by atoms with Crippen LogP contribution in [-0.4, -0.2) is 9.97 Å². The molecule has 0 aliphatic heterocycles. The van der Waals surface area contributed by atoms with Crippen molar-refractivity contribution in [3.63, 3.8) is 0 Å². The number of rotatable bonds is 0. The maximum atomic E-state index is 4.31. The Morgan fingerprint density at radius 3 is 1.46 bits per heavy atom. The van der Waals surface area contributed by atoms with E-state index in [2.05, 4.69) is 33.6 Å². The van der Waals surface area contributed by atoms with Crippen LogP contribution in [0, 0.1) is 37.5 Å². The molecule has 1 aromatic carbocycles. The van der Waals surface area contributed by atoms with Crippen molar-refractivity contribution in [1.29, 1.82) is 0 Å². The predicted molar refractivity (Wildman–Crippen MR) is 96.4 cm³/mol. The van der Waals surface area contributed by atoms with Gasteiger partial charge in [0.25, 0.3) is 0 Å². The molecule has 0 aliphatic rings. The molecule has 0 saturated carbocycles. The maximum Gasteiger partial charge on any atom is 0.116 e. The number of pyridine rings is 2. The Labute approximate surface area is 142 Å². The summed E-state index contributed by atoms with van der Waals surface area (Å²) >= 11 is 0. The summed E-state index contributed by atoms with van der Waals surface area (Å²) in [4.78, 5) is 8.62. The Morgan fingerprint density at radius 2 is 1.04 bits per heavy atom. The van der Waals surface area contributed by atoms with E-state index in [0.29, 0.717) is 0 Å². The van der Waals surface area contributed by atoms with E-state index in [-0.39, 0.29) is 0 Å². The third kappa shape index (κ3) is 3.69. The molecule has 0 fully saturated rings. The lowest BCUT2D eigenvalue weighted by Gasteiger charge is -1.97. The first-order valence-corrected chi connectivity index (χ1v) is 7.70. The van der Waals surface area contributed by atoms with Crippen LogP contribution in [0.2, 0.25) is 0 Å². The molecule has 2 aromatic heterocycles. The van der Waals surface area contributed by atoms with Crippen LogP contribution in [-0.2, 0) is 0 Å². The lowest BCUT2D eigenvalue weighted by molar-refractivity contribution is 1.23. The van der Waals surface area contributed by atoms with Crippen LogP contribution < -0.4 is 0 Å². The molecule has 0 spiro atoms. The van der Waals surface area contributed by atoms with Crippen LogP contribution >= 0.6 is 0 Å². The molecule has 0 aliphatic carbocycles. The minimum atomic E-state index is 0.792. The van der Waals surface area contributed by atoms with Crippen molar-refractivity contribution in [3.05, 3.63) is 94.6 Å². The fourth-order valence-corrected chi connectivity index (χ4v) is 2.19. The first-order chi connectivity index (χ1) is 11.7. The Hall–Kier alpha value is -3.36. The van der Waals surface area contributed by atoms with Gasteiger partial charge in [-0.15, -0.1) is 0 Å². The van der Waals surface area contributed by atoms with Gasteiger partial charge < -0.3 is 0 Å². The molecule has 114 valence electrons. The summed E-state index contributed by atoms with van der Waals surface area (Å²) in [5, 5.41) is 0. The normalized spacial score (nSPS) is 9.42. The molecule has 24 heavy (non-hydrogen) atoms. The second-order valence-electron chi connectivity index (χ2n) is 5.38. The molecular formula is C22H16N2. The zero-order valence-corrected chi connectivity index (χ0v) is 13.7. The Bertz CT molecular complexity index is 913. The highest BCUT2D eigenvalue weighted by Gasteiger charge is 1.98. The van der Waals surface area contributed by atoms with Crippen LogP contribution in [0.3, 0.4) is 0 Å². The summed E-state index contributed by atoms with van der Waals surface area (Å²) in [6, 6.07) is 15.7. The van der Waals surface area contributed by atoms with Gasteiger partial charge in [-0.1, -0.05) is 36.1 Å². The lowest BCUT2D eigenvalue weighted by atomic mass is 10.1. The summed E-state index contributed by atoms with van der Waals surface area (Å²) in [5.41, 5.74) is 5.50. The van der Waals surface area contributed by atoms with Crippen molar-refractivity contribution in [2.24, 2.45) is 0 Å². The average Bonchev–Trinajstić information content (AvgIpc) is 2.61. The number of nitrogens with zero attached hydrogens (tertiary/aromatic N) is 2. The Balaban J connectivity index is 1.96. The van der Waals surface area contributed by atoms with Crippen molar-refractivity contribution in [3.8, 4) is 23.7 Å². The van der Waals surface area contributed by atoms with Crippen LogP contribution in [0.4, 0.5) is 0 Å². The summed E-state index contributed by atoms with van der Waals surface area (Å²) in [7, 11) is 0. The van der Waals surface area contributed by atoms with Crippen LogP contribution in [0.15, 0.2) is 60.9 Å². The van der Waals surface area contributed by atoms with Gasteiger partial charge in [0.2, 0.25) is 0 Å². The average molecular weight is 308 g/mol. The SMILES string of the molecule is Cc1cccnc1C#Cc1ccccc1C#Cc1ncccc1C. The van der Waals surface area contributed by atoms with Crippen LogP contribution in [0.1, 0.15) is 33.6 Å². The minimum Gasteiger partial charge on any atom is -0.248 e. The van der Waals surface area contributed by atoms with Gasteiger partial charge in [-0.25, -0.2) is 9.97 Å². The largest absolute Gasteiger partial charge is 0.248 e. The van der Waals surface area contributed by atoms with E-state index in [1.807, 2.05) is 62.4 Å². The molecule has 0 amide bonds. The van der Waals surface area contributed by atoms with Gasteiger partial charge in [0.15, 0.2) is 0 Å². The van der Waals surface area contributed by atoms with E-state index in [9.17, 15) is 0 Å². The molecule has 0 unspecified atom stereocenters. The van der Waals surface area contributed by atoms with Gasteiger partial charge in [-0.3, -0.25) is 0 Å². The number of hydrogen-bond acceptors (Lipinski definition) is 2. The molecule has 2 heterocycles. The minimum absolute atomic E-state index is 0.792. The van der Waals surface area contributed by atoms with Crippen molar-refractivity contribution in [2.45, 2.75) is 13.8 Å². The predicted octanol–water partition coefficient (Wildman–Crippen LogP) is 3.89. The molecule has 0 bridgehead atoms. The monoisotopic (exact) mass is 308 g/mol. The fraction of sp³-hybridized carbons (Fsp3) is 0.0909. The zero-order valence-electron chi connectivity index (χ0n) is 13.7. The quantitative estimate of drug-likeness (QED) is 0.589.